The van der Waals surface area contributed by atoms with Crippen molar-refractivity contribution in [1.82, 2.24) is 10.2 Å². The van der Waals surface area contributed by atoms with Crippen LogP contribution in [0.4, 0.5) is 0 Å². The van der Waals surface area contributed by atoms with Crippen LogP contribution in [0.2, 0.25) is 5.02 Å². The lowest BCUT2D eigenvalue weighted by atomic mass is 10.1. The lowest BCUT2D eigenvalue weighted by Crippen LogP contribution is -1.85. The van der Waals surface area contributed by atoms with Crippen molar-refractivity contribution in [3.05, 3.63) is 34.7 Å². The molecule has 1 heterocycles. The molecule has 0 saturated carbocycles. The normalized spacial score (nSPS) is 10.8. The van der Waals surface area contributed by atoms with Crippen molar-refractivity contribution in [3.8, 4) is 11.5 Å². The molecule has 90 valence electrons. The number of hydrogen-bond acceptors (Lipinski definition) is 3. The van der Waals surface area contributed by atoms with Gasteiger partial charge >= 0.3 is 0 Å². The van der Waals surface area contributed by atoms with Crippen molar-refractivity contribution < 1.29 is 4.42 Å². The predicted octanol–water partition coefficient (Wildman–Crippen LogP) is 3.87. The number of halogens is 2. The van der Waals surface area contributed by atoms with Gasteiger partial charge in [-0.05, 0) is 25.0 Å². The summed E-state index contributed by atoms with van der Waals surface area (Å²) in [6.07, 6.45) is 1.52. The molecule has 0 saturated heterocycles. The molecule has 2 aromatic rings. The Morgan fingerprint density at radius 2 is 2.12 bits per heavy atom. The van der Waals surface area contributed by atoms with Crippen LogP contribution in [-0.4, -0.2) is 16.1 Å². The molecule has 0 radical (unpaired) electrons. The molecule has 0 fully saturated rings. The van der Waals surface area contributed by atoms with Crippen molar-refractivity contribution >= 4 is 23.2 Å². The molecule has 0 aliphatic heterocycles. The Morgan fingerprint density at radius 1 is 1.29 bits per heavy atom. The SMILES string of the molecule is Cc1cccc(-c2nnc(CCCCl)o2)c1Cl. The number of rotatable bonds is 4. The second-order valence-electron chi connectivity index (χ2n) is 3.73. The highest BCUT2D eigenvalue weighted by Crippen LogP contribution is 2.29. The molecule has 0 bridgehead atoms. The molecular weight excluding hydrogens is 259 g/mol. The van der Waals surface area contributed by atoms with Gasteiger partial charge in [-0.2, -0.15) is 0 Å². The first-order chi connectivity index (χ1) is 8.22. The molecule has 0 unspecified atom stereocenters. The second-order valence-corrected chi connectivity index (χ2v) is 4.49. The van der Waals surface area contributed by atoms with Gasteiger partial charge in [0.2, 0.25) is 11.8 Å². The van der Waals surface area contributed by atoms with E-state index in [0.717, 1.165) is 17.5 Å². The van der Waals surface area contributed by atoms with E-state index in [-0.39, 0.29) is 0 Å². The van der Waals surface area contributed by atoms with Crippen molar-refractivity contribution in [2.24, 2.45) is 0 Å². The molecule has 0 spiro atoms. The number of aromatic nitrogens is 2. The van der Waals surface area contributed by atoms with Gasteiger partial charge in [-0.15, -0.1) is 21.8 Å². The van der Waals surface area contributed by atoms with E-state index < -0.39 is 0 Å². The molecule has 0 amide bonds. The maximum Gasteiger partial charge on any atom is 0.249 e. The summed E-state index contributed by atoms with van der Waals surface area (Å²) in [7, 11) is 0. The Labute approximate surface area is 110 Å². The van der Waals surface area contributed by atoms with E-state index in [2.05, 4.69) is 10.2 Å². The molecule has 1 aromatic heterocycles. The van der Waals surface area contributed by atoms with Gasteiger partial charge in [-0.1, -0.05) is 23.7 Å². The first-order valence-electron chi connectivity index (χ1n) is 5.36. The van der Waals surface area contributed by atoms with Crippen LogP contribution in [0, 0.1) is 6.92 Å². The van der Waals surface area contributed by atoms with Crippen molar-refractivity contribution in [2.45, 2.75) is 19.8 Å². The standard InChI is InChI=1S/C12H12Cl2N2O/c1-8-4-2-5-9(11(8)14)12-16-15-10(17-12)6-3-7-13/h2,4-5H,3,6-7H2,1H3. The Hall–Kier alpha value is -1.06. The van der Waals surface area contributed by atoms with Gasteiger partial charge in [0.1, 0.15) is 0 Å². The minimum atomic E-state index is 0.461. The van der Waals surface area contributed by atoms with Crippen molar-refractivity contribution in [3.63, 3.8) is 0 Å². The van der Waals surface area contributed by atoms with Gasteiger partial charge in [-0.3, -0.25) is 0 Å². The molecule has 2 rings (SSSR count). The first-order valence-corrected chi connectivity index (χ1v) is 6.27. The van der Waals surface area contributed by atoms with E-state index in [4.69, 9.17) is 27.6 Å². The van der Waals surface area contributed by atoms with Crippen LogP contribution in [0.3, 0.4) is 0 Å². The number of nitrogens with zero attached hydrogens (tertiary/aromatic N) is 2. The lowest BCUT2D eigenvalue weighted by Gasteiger charge is -2.01. The predicted molar refractivity (Wildman–Crippen MR) is 68.5 cm³/mol. The van der Waals surface area contributed by atoms with Gasteiger partial charge < -0.3 is 4.42 Å². The number of aryl methyl sites for hydroxylation is 2. The zero-order chi connectivity index (χ0) is 12.3. The number of benzene rings is 1. The minimum absolute atomic E-state index is 0.461. The summed E-state index contributed by atoms with van der Waals surface area (Å²) >= 11 is 11.8. The Bertz CT molecular complexity index is 511. The molecule has 0 N–H and O–H groups in total. The summed E-state index contributed by atoms with van der Waals surface area (Å²) in [6.45, 7) is 1.94. The van der Waals surface area contributed by atoms with Crippen LogP contribution in [0.15, 0.2) is 22.6 Å². The first kappa shape index (κ1) is 12.4. The van der Waals surface area contributed by atoms with E-state index >= 15 is 0 Å². The third-order valence-electron chi connectivity index (χ3n) is 2.41. The minimum Gasteiger partial charge on any atom is -0.421 e. The van der Waals surface area contributed by atoms with Crippen LogP contribution in [0.25, 0.3) is 11.5 Å². The fraction of sp³-hybridized carbons (Fsp3) is 0.333. The highest BCUT2D eigenvalue weighted by Gasteiger charge is 2.12. The third-order valence-corrected chi connectivity index (χ3v) is 3.18. The molecule has 3 nitrogen and oxygen atoms in total. The van der Waals surface area contributed by atoms with E-state index in [9.17, 15) is 0 Å². The number of alkyl halides is 1. The highest BCUT2D eigenvalue weighted by atomic mass is 35.5. The monoisotopic (exact) mass is 270 g/mol. The average molecular weight is 271 g/mol. The summed E-state index contributed by atoms with van der Waals surface area (Å²) in [5.41, 5.74) is 1.76. The van der Waals surface area contributed by atoms with E-state index in [1.54, 1.807) is 0 Å². The molecule has 5 heteroatoms. The Kier molecular flexibility index (Phi) is 4.02. The van der Waals surface area contributed by atoms with Crippen LogP contribution < -0.4 is 0 Å². The smallest absolute Gasteiger partial charge is 0.249 e. The van der Waals surface area contributed by atoms with E-state index in [0.29, 0.717) is 29.1 Å². The maximum atomic E-state index is 6.19. The zero-order valence-corrected chi connectivity index (χ0v) is 10.9. The van der Waals surface area contributed by atoms with Gasteiger partial charge in [0, 0.05) is 12.3 Å². The zero-order valence-electron chi connectivity index (χ0n) is 9.41. The Morgan fingerprint density at radius 3 is 2.88 bits per heavy atom. The lowest BCUT2D eigenvalue weighted by molar-refractivity contribution is 0.502. The topological polar surface area (TPSA) is 38.9 Å². The van der Waals surface area contributed by atoms with Crippen LogP contribution in [-0.2, 0) is 6.42 Å². The Balaban J connectivity index is 2.27. The van der Waals surface area contributed by atoms with E-state index in [1.165, 1.54) is 0 Å². The quantitative estimate of drug-likeness (QED) is 0.792. The van der Waals surface area contributed by atoms with Gasteiger partial charge in [0.05, 0.1) is 10.6 Å². The molecule has 1 aromatic carbocycles. The molecule has 0 atom stereocenters. The summed E-state index contributed by atoms with van der Waals surface area (Å²) in [4.78, 5) is 0. The van der Waals surface area contributed by atoms with Crippen molar-refractivity contribution in [2.75, 3.05) is 5.88 Å². The van der Waals surface area contributed by atoms with Gasteiger partial charge in [-0.25, -0.2) is 0 Å². The van der Waals surface area contributed by atoms with Crippen LogP contribution >= 0.6 is 23.2 Å². The third kappa shape index (κ3) is 2.79. The van der Waals surface area contributed by atoms with Gasteiger partial charge in [0.25, 0.3) is 0 Å². The largest absolute Gasteiger partial charge is 0.421 e. The van der Waals surface area contributed by atoms with Crippen molar-refractivity contribution in [1.29, 1.82) is 0 Å². The summed E-state index contributed by atoms with van der Waals surface area (Å²) in [5.74, 6) is 1.64. The summed E-state index contributed by atoms with van der Waals surface area (Å²) in [6, 6.07) is 5.73. The second kappa shape index (κ2) is 5.52. The maximum absolute atomic E-state index is 6.19. The molecule has 0 aliphatic carbocycles. The fourth-order valence-corrected chi connectivity index (χ4v) is 1.83. The highest BCUT2D eigenvalue weighted by molar-refractivity contribution is 6.33. The molecular formula is C12H12Cl2N2O. The van der Waals surface area contributed by atoms with Gasteiger partial charge in [0.15, 0.2) is 0 Å². The van der Waals surface area contributed by atoms with Crippen LogP contribution in [0.1, 0.15) is 17.9 Å². The molecule has 17 heavy (non-hydrogen) atoms. The summed E-state index contributed by atoms with van der Waals surface area (Å²) in [5, 5.41) is 8.62. The van der Waals surface area contributed by atoms with Crippen LogP contribution in [0.5, 0.6) is 0 Å². The molecule has 0 aliphatic rings. The van der Waals surface area contributed by atoms with E-state index in [1.807, 2.05) is 25.1 Å². The summed E-state index contributed by atoms with van der Waals surface area (Å²) < 4.78 is 5.54. The number of hydrogen-bond donors (Lipinski definition) is 0. The average Bonchev–Trinajstić information content (AvgIpc) is 2.78. The fourth-order valence-electron chi connectivity index (χ4n) is 1.49.